The second-order valence-corrected chi connectivity index (χ2v) is 6.16. The normalized spacial score (nSPS) is 11.2. The SMILES string of the molecule is Cc1cc(-c2cc(F)ccc2CNC(C)C)c(C)cc1Cl. The standard InChI is InChI=1S/C18H21ClFN/c1-11(2)21-10-14-5-6-15(20)9-17(14)16-7-13(4)18(19)8-12(16)3/h5-9,11,21H,10H2,1-4H3. The van der Waals surface area contributed by atoms with E-state index in [0.29, 0.717) is 12.6 Å². The zero-order valence-corrected chi connectivity index (χ0v) is 13.7. The maximum atomic E-state index is 13.7. The van der Waals surface area contributed by atoms with Gasteiger partial charge in [0.05, 0.1) is 0 Å². The maximum absolute atomic E-state index is 13.7. The predicted molar refractivity (Wildman–Crippen MR) is 88.3 cm³/mol. The lowest BCUT2D eigenvalue weighted by molar-refractivity contribution is 0.587. The molecule has 1 nitrogen and oxygen atoms in total. The lowest BCUT2D eigenvalue weighted by Crippen LogP contribution is -2.22. The average Bonchev–Trinajstić information content (AvgIpc) is 2.41. The number of aryl methyl sites for hydroxylation is 2. The highest BCUT2D eigenvalue weighted by molar-refractivity contribution is 6.31. The van der Waals surface area contributed by atoms with Gasteiger partial charge in [-0.3, -0.25) is 0 Å². The van der Waals surface area contributed by atoms with Crippen LogP contribution in [0.1, 0.15) is 30.5 Å². The molecule has 0 aromatic heterocycles. The maximum Gasteiger partial charge on any atom is 0.123 e. The first kappa shape index (κ1) is 16.0. The topological polar surface area (TPSA) is 12.0 Å². The van der Waals surface area contributed by atoms with Gasteiger partial charge in [0.25, 0.3) is 0 Å². The summed E-state index contributed by atoms with van der Waals surface area (Å²) in [6, 6.07) is 9.33. The second kappa shape index (κ2) is 6.59. The molecule has 0 heterocycles. The average molecular weight is 306 g/mol. The molecular formula is C18H21ClFN. The van der Waals surface area contributed by atoms with Crippen LogP contribution in [0.2, 0.25) is 5.02 Å². The lowest BCUT2D eigenvalue weighted by atomic mass is 9.94. The minimum atomic E-state index is -0.217. The smallest absolute Gasteiger partial charge is 0.123 e. The molecule has 2 rings (SSSR count). The van der Waals surface area contributed by atoms with Crippen LogP contribution < -0.4 is 5.32 Å². The summed E-state index contributed by atoms with van der Waals surface area (Å²) in [6.45, 7) is 8.89. The first-order chi connectivity index (χ1) is 9.88. The van der Waals surface area contributed by atoms with E-state index in [1.54, 1.807) is 6.07 Å². The monoisotopic (exact) mass is 305 g/mol. The van der Waals surface area contributed by atoms with E-state index in [0.717, 1.165) is 32.8 Å². The summed E-state index contributed by atoms with van der Waals surface area (Å²) in [4.78, 5) is 0. The van der Waals surface area contributed by atoms with E-state index in [-0.39, 0.29) is 5.82 Å². The van der Waals surface area contributed by atoms with Crippen molar-refractivity contribution >= 4 is 11.6 Å². The molecule has 0 bridgehead atoms. The highest BCUT2D eigenvalue weighted by Gasteiger charge is 2.11. The van der Waals surface area contributed by atoms with Crippen LogP contribution in [-0.2, 0) is 6.54 Å². The summed E-state index contributed by atoms with van der Waals surface area (Å²) in [6.07, 6.45) is 0. The van der Waals surface area contributed by atoms with Gasteiger partial charge in [-0.1, -0.05) is 31.5 Å². The summed E-state index contributed by atoms with van der Waals surface area (Å²) in [7, 11) is 0. The molecule has 2 aromatic carbocycles. The number of halogens is 2. The van der Waals surface area contributed by atoms with E-state index >= 15 is 0 Å². The minimum absolute atomic E-state index is 0.217. The summed E-state index contributed by atoms with van der Waals surface area (Å²) >= 11 is 6.16. The minimum Gasteiger partial charge on any atom is -0.310 e. The predicted octanol–water partition coefficient (Wildman–Crippen LogP) is 5.26. The molecule has 0 radical (unpaired) electrons. The van der Waals surface area contributed by atoms with Gasteiger partial charge in [-0.05, 0) is 65.9 Å². The third kappa shape index (κ3) is 3.84. The number of nitrogens with one attached hydrogen (secondary N) is 1. The van der Waals surface area contributed by atoms with Crippen molar-refractivity contribution in [2.24, 2.45) is 0 Å². The third-order valence-electron chi connectivity index (χ3n) is 3.57. The van der Waals surface area contributed by atoms with Crippen molar-refractivity contribution in [3.05, 3.63) is 57.9 Å². The van der Waals surface area contributed by atoms with Crippen LogP contribution in [0, 0.1) is 19.7 Å². The summed E-state index contributed by atoms with van der Waals surface area (Å²) in [5.41, 5.74) is 5.12. The molecule has 0 aliphatic heterocycles. The van der Waals surface area contributed by atoms with Crippen LogP contribution in [0.15, 0.2) is 30.3 Å². The molecule has 0 aliphatic carbocycles. The Balaban J connectivity index is 2.51. The van der Waals surface area contributed by atoms with E-state index < -0.39 is 0 Å². The fourth-order valence-electron chi connectivity index (χ4n) is 2.34. The first-order valence-corrected chi connectivity index (χ1v) is 7.55. The highest BCUT2D eigenvalue weighted by Crippen LogP contribution is 2.31. The molecule has 0 spiro atoms. The Hall–Kier alpha value is -1.38. The highest BCUT2D eigenvalue weighted by atomic mass is 35.5. The second-order valence-electron chi connectivity index (χ2n) is 5.75. The number of hydrogen-bond acceptors (Lipinski definition) is 1. The summed E-state index contributed by atoms with van der Waals surface area (Å²) in [5.74, 6) is -0.217. The number of rotatable bonds is 4. The van der Waals surface area contributed by atoms with Crippen LogP contribution in [0.25, 0.3) is 11.1 Å². The summed E-state index contributed by atoms with van der Waals surface area (Å²) in [5, 5.41) is 4.13. The van der Waals surface area contributed by atoms with Crippen LogP contribution in [0.3, 0.4) is 0 Å². The van der Waals surface area contributed by atoms with Crippen LogP contribution >= 0.6 is 11.6 Å². The van der Waals surface area contributed by atoms with E-state index in [9.17, 15) is 4.39 Å². The molecule has 0 saturated heterocycles. The zero-order chi connectivity index (χ0) is 15.6. The Bertz CT molecular complexity index is 650. The van der Waals surface area contributed by atoms with Gasteiger partial charge in [-0.2, -0.15) is 0 Å². The van der Waals surface area contributed by atoms with Crippen molar-refractivity contribution in [2.45, 2.75) is 40.3 Å². The van der Waals surface area contributed by atoms with Crippen molar-refractivity contribution in [1.29, 1.82) is 0 Å². The zero-order valence-electron chi connectivity index (χ0n) is 12.9. The molecule has 1 N–H and O–H groups in total. The van der Waals surface area contributed by atoms with Gasteiger partial charge >= 0.3 is 0 Å². The quantitative estimate of drug-likeness (QED) is 0.812. The van der Waals surface area contributed by atoms with Crippen molar-refractivity contribution in [2.75, 3.05) is 0 Å². The Morgan fingerprint density at radius 3 is 2.43 bits per heavy atom. The molecule has 2 aromatic rings. The largest absolute Gasteiger partial charge is 0.310 e. The van der Waals surface area contributed by atoms with Gasteiger partial charge in [0, 0.05) is 17.6 Å². The van der Waals surface area contributed by atoms with E-state index in [1.807, 2.05) is 32.0 Å². The molecule has 0 atom stereocenters. The molecule has 0 saturated carbocycles. The van der Waals surface area contributed by atoms with Crippen LogP contribution in [-0.4, -0.2) is 6.04 Å². The van der Waals surface area contributed by atoms with Gasteiger partial charge in [0.2, 0.25) is 0 Å². The Morgan fingerprint density at radius 1 is 1.05 bits per heavy atom. The van der Waals surface area contributed by atoms with E-state index in [4.69, 9.17) is 11.6 Å². The van der Waals surface area contributed by atoms with Gasteiger partial charge in [0.1, 0.15) is 5.82 Å². The van der Waals surface area contributed by atoms with Gasteiger partial charge in [0.15, 0.2) is 0 Å². The van der Waals surface area contributed by atoms with Gasteiger partial charge in [-0.15, -0.1) is 0 Å². The van der Waals surface area contributed by atoms with Crippen molar-refractivity contribution in [1.82, 2.24) is 5.32 Å². The Labute approximate surface area is 131 Å². The van der Waals surface area contributed by atoms with Crippen molar-refractivity contribution in [3.63, 3.8) is 0 Å². The fourth-order valence-corrected chi connectivity index (χ4v) is 2.56. The molecule has 112 valence electrons. The number of hydrogen-bond donors (Lipinski definition) is 1. The van der Waals surface area contributed by atoms with E-state index in [2.05, 4.69) is 19.2 Å². The molecule has 0 amide bonds. The van der Waals surface area contributed by atoms with Crippen molar-refractivity contribution in [3.8, 4) is 11.1 Å². The molecule has 3 heteroatoms. The van der Waals surface area contributed by atoms with Crippen LogP contribution in [0.5, 0.6) is 0 Å². The molecule has 0 fully saturated rings. The summed E-state index contributed by atoms with van der Waals surface area (Å²) < 4.78 is 13.7. The lowest BCUT2D eigenvalue weighted by Gasteiger charge is -2.16. The Morgan fingerprint density at radius 2 is 1.76 bits per heavy atom. The third-order valence-corrected chi connectivity index (χ3v) is 3.98. The molecular weight excluding hydrogens is 285 g/mol. The van der Waals surface area contributed by atoms with Crippen LogP contribution in [0.4, 0.5) is 4.39 Å². The molecule has 0 unspecified atom stereocenters. The van der Waals surface area contributed by atoms with E-state index in [1.165, 1.54) is 6.07 Å². The number of benzene rings is 2. The fraction of sp³-hybridized carbons (Fsp3) is 0.333. The first-order valence-electron chi connectivity index (χ1n) is 7.17. The molecule has 0 aliphatic rings. The van der Waals surface area contributed by atoms with Gasteiger partial charge < -0.3 is 5.32 Å². The molecule has 21 heavy (non-hydrogen) atoms. The van der Waals surface area contributed by atoms with Gasteiger partial charge in [-0.25, -0.2) is 4.39 Å². The van der Waals surface area contributed by atoms with Crippen molar-refractivity contribution < 1.29 is 4.39 Å². The Kier molecular flexibility index (Phi) is 5.02.